The highest BCUT2D eigenvalue weighted by molar-refractivity contribution is 5.94. The Hall–Kier alpha value is -2.27. The molecule has 0 bridgehead atoms. The molecule has 1 N–H and O–H groups in total. The molecule has 1 unspecified atom stereocenters. The van der Waals surface area contributed by atoms with E-state index < -0.39 is 29.2 Å². The third-order valence-electron chi connectivity index (χ3n) is 4.59. The monoisotopic (exact) mass is 331 g/mol. The van der Waals surface area contributed by atoms with Crippen molar-refractivity contribution in [2.75, 3.05) is 13.1 Å². The number of rotatable bonds is 3. The lowest BCUT2D eigenvalue weighted by Crippen LogP contribution is -2.40. The minimum absolute atomic E-state index is 0.0296. The van der Waals surface area contributed by atoms with E-state index >= 15 is 0 Å². The van der Waals surface area contributed by atoms with Crippen molar-refractivity contribution in [2.45, 2.75) is 18.9 Å². The van der Waals surface area contributed by atoms with Crippen LogP contribution in [0.5, 0.6) is 0 Å². The van der Waals surface area contributed by atoms with Crippen LogP contribution in [-0.4, -0.2) is 29.0 Å². The Bertz CT molecular complexity index is 692. The first-order valence-electron chi connectivity index (χ1n) is 8.04. The number of aliphatic hydroxyl groups is 1. The van der Waals surface area contributed by atoms with Crippen molar-refractivity contribution in [2.24, 2.45) is 5.92 Å². The molecule has 1 aliphatic heterocycles. The summed E-state index contributed by atoms with van der Waals surface area (Å²) < 4.78 is 27.5. The van der Waals surface area contributed by atoms with Gasteiger partial charge in [-0.2, -0.15) is 0 Å². The molecule has 0 saturated carbocycles. The number of amides is 1. The van der Waals surface area contributed by atoms with Gasteiger partial charge in [0.05, 0.1) is 6.10 Å². The number of carbonyl (C=O) groups is 1. The molecule has 126 valence electrons. The number of benzene rings is 2. The SMILES string of the molecule is O=C(c1c(F)cccc1F)N1CCC(C(O)c2ccccc2)CC1. The Morgan fingerprint density at radius 3 is 2.17 bits per heavy atom. The van der Waals surface area contributed by atoms with Crippen LogP contribution in [0.15, 0.2) is 48.5 Å². The normalized spacial score (nSPS) is 16.9. The molecule has 1 atom stereocenters. The van der Waals surface area contributed by atoms with E-state index in [4.69, 9.17) is 0 Å². The lowest BCUT2D eigenvalue weighted by molar-refractivity contribution is 0.0456. The van der Waals surface area contributed by atoms with Gasteiger partial charge in [-0.15, -0.1) is 0 Å². The van der Waals surface area contributed by atoms with Crippen molar-refractivity contribution in [1.82, 2.24) is 4.90 Å². The highest BCUT2D eigenvalue weighted by Crippen LogP contribution is 2.31. The number of aliphatic hydroxyl groups excluding tert-OH is 1. The van der Waals surface area contributed by atoms with Crippen LogP contribution < -0.4 is 0 Å². The zero-order chi connectivity index (χ0) is 17.1. The molecule has 0 spiro atoms. The molecule has 1 heterocycles. The average molecular weight is 331 g/mol. The molecule has 2 aromatic carbocycles. The topological polar surface area (TPSA) is 40.5 Å². The molecule has 1 fully saturated rings. The van der Waals surface area contributed by atoms with Crippen LogP contribution in [0.3, 0.4) is 0 Å². The molecule has 1 saturated heterocycles. The largest absolute Gasteiger partial charge is 0.388 e. The molecule has 1 aliphatic rings. The molecule has 0 aromatic heterocycles. The van der Waals surface area contributed by atoms with Gasteiger partial charge in [-0.25, -0.2) is 8.78 Å². The fourth-order valence-corrected chi connectivity index (χ4v) is 3.20. The third kappa shape index (κ3) is 3.31. The van der Waals surface area contributed by atoms with Crippen LogP contribution >= 0.6 is 0 Å². The highest BCUT2D eigenvalue weighted by atomic mass is 19.1. The van der Waals surface area contributed by atoms with E-state index in [0.717, 1.165) is 17.7 Å². The van der Waals surface area contributed by atoms with E-state index in [1.165, 1.54) is 11.0 Å². The van der Waals surface area contributed by atoms with E-state index in [9.17, 15) is 18.7 Å². The van der Waals surface area contributed by atoms with Crippen molar-refractivity contribution in [3.8, 4) is 0 Å². The van der Waals surface area contributed by atoms with Gasteiger partial charge < -0.3 is 10.0 Å². The van der Waals surface area contributed by atoms with Crippen LogP contribution in [0.1, 0.15) is 34.9 Å². The zero-order valence-electron chi connectivity index (χ0n) is 13.2. The maximum absolute atomic E-state index is 13.8. The van der Waals surface area contributed by atoms with Crippen molar-refractivity contribution in [1.29, 1.82) is 0 Å². The van der Waals surface area contributed by atoms with Crippen LogP contribution in [-0.2, 0) is 0 Å². The fraction of sp³-hybridized carbons (Fsp3) is 0.316. The lowest BCUT2D eigenvalue weighted by Gasteiger charge is -2.34. The second-order valence-electron chi connectivity index (χ2n) is 6.08. The summed E-state index contributed by atoms with van der Waals surface area (Å²) in [6, 6.07) is 12.8. The van der Waals surface area contributed by atoms with Gasteiger partial charge in [0.2, 0.25) is 0 Å². The number of hydrogen-bond acceptors (Lipinski definition) is 2. The van der Waals surface area contributed by atoms with Crippen molar-refractivity contribution < 1.29 is 18.7 Å². The smallest absolute Gasteiger partial charge is 0.259 e. The van der Waals surface area contributed by atoms with Gasteiger partial charge in [-0.3, -0.25) is 4.79 Å². The summed E-state index contributed by atoms with van der Waals surface area (Å²) in [5, 5.41) is 10.5. The van der Waals surface area contributed by atoms with Gasteiger partial charge in [0.1, 0.15) is 17.2 Å². The maximum atomic E-state index is 13.8. The van der Waals surface area contributed by atoms with Gasteiger partial charge in [0.15, 0.2) is 0 Å². The molecule has 0 aliphatic carbocycles. The molecule has 3 nitrogen and oxygen atoms in total. The second kappa shape index (κ2) is 7.09. The first-order chi connectivity index (χ1) is 11.6. The van der Waals surface area contributed by atoms with Crippen molar-refractivity contribution in [3.05, 3.63) is 71.3 Å². The summed E-state index contributed by atoms with van der Waals surface area (Å²) in [4.78, 5) is 13.8. The Morgan fingerprint density at radius 1 is 1.00 bits per heavy atom. The minimum atomic E-state index is -0.841. The number of carbonyl (C=O) groups excluding carboxylic acids is 1. The van der Waals surface area contributed by atoms with Crippen molar-refractivity contribution in [3.63, 3.8) is 0 Å². The second-order valence-corrected chi connectivity index (χ2v) is 6.08. The van der Waals surface area contributed by atoms with E-state index in [2.05, 4.69) is 0 Å². The van der Waals surface area contributed by atoms with Gasteiger partial charge >= 0.3 is 0 Å². The zero-order valence-corrected chi connectivity index (χ0v) is 13.2. The quantitative estimate of drug-likeness (QED) is 0.934. The lowest BCUT2D eigenvalue weighted by atomic mass is 9.87. The predicted octanol–water partition coefficient (Wildman–Crippen LogP) is 3.55. The standard InChI is InChI=1S/C19H19F2NO2/c20-15-7-4-8-16(21)17(15)19(24)22-11-9-14(10-12-22)18(23)13-5-2-1-3-6-13/h1-8,14,18,23H,9-12H2. The summed E-state index contributed by atoms with van der Waals surface area (Å²) in [5.41, 5.74) is 0.349. The number of halogens is 2. The Kier molecular flexibility index (Phi) is 4.90. The fourth-order valence-electron chi connectivity index (χ4n) is 3.20. The van der Waals surface area contributed by atoms with Gasteiger partial charge in [-0.05, 0) is 36.5 Å². The van der Waals surface area contributed by atoms with Gasteiger partial charge in [0.25, 0.3) is 5.91 Å². The molecule has 3 rings (SSSR count). The molecule has 1 amide bonds. The maximum Gasteiger partial charge on any atom is 0.259 e. The third-order valence-corrected chi connectivity index (χ3v) is 4.59. The van der Waals surface area contributed by atoms with Gasteiger partial charge in [-0.1, -0.05) is 36.4 Å². The summed E-state index contributed by atoms with van der Waals surface area (Å²) >= 11 is 0. The molecule has 5 heteroatoms. The number of likely N-dealkylation sites (tertiary alicyclic amines) is 1. The average Bonchev–Trinajstić information content (AvgIpc) is 2.62. The molecular formula is C19H19F2NO2. The molecule has 2 aromatic rings. The van der Waals surface area contributed by atoms with Gasteiger partial charge in [0, 0.05) is 13.1 Å². The Labute approximate surface area is 139 Å². The first-order valence-corrected chi connectivity index (χ1v) is 8.04. The van der Waals surface area contributed by atoms with E-state index in [-0.39, 0.29) is 5.92 Å². The van der Waals surface area contributed by atoms with Crippen LogP contribution in [0.2, 0.25) is 0 Å². The molecule has 0 radical (unpaired) electrons. The van der Waals surface area contributed by atoms with Crippen LogP contribution in [0.4, 0.5) is 8.78 Å². The summed E-state index contributed by atoms with van der Waals surface area (Å²) in [5.74, 6) is -2.28. The highest BCUT2D eigenvalue weighted by Gasteiger charge is 2.30. The summed E-state index contributed by atoms with van der Waals surface area (Å²) in [6.45, 7) is 0.752. The van der Waals surface area contributed by atoms with E-state index in [1.54, 1.807) is 0 Å². The predicted molar refractivity (Wildman–Crippen MR) is 86.4 cm³/mol. The summed E-state index contributed by atoms with van der Waals surface area (Å²) in [7, 11) is 0. The summed E-state index contributed by atoms with van der Waals surface area (Å²) in [6.07, 6.45) is 0.601. The molecular weight excluding hydrogens is 312 g/mol. The number of piperidine rings is 1. The Balaban J connectivity index is 1.66. The van der Waals surface area contributed by atoms with Crippen LogP contribution in [0, 0.1) is 17.6 Å². The van der Waals surface area contributed by atoms with E-state index in [1.807, 2.05) is 30.3 Å². The minimum Gasteiger partial charge on any atom is -0.388 e. The number of nitrogens with zero attached hydrogens (tertiary/aromatic N) is 1. The Morgan fingerprint density at radius 2 is 1.58 bits per heavy atom. The number of hydrogen-bond donors (Lipinski definition) is 1. The van der Waals surface area contributed by atoms with Crippen molar-refractivity contribution >= 4 is 5.91 Å². The molecule has 24 heavy (non-hydrogen) atoms. The van der Waals surface area contributed by atoms with Crippen LogP contribution in [0.25, 0.3) is 0 Å². The first kappa shape index (κ1) is 16.6. The van der Waals surface area contributed by atoms with E-state index in [0.29, 0.717) is 25.9 Å².